The van der Waals surface area contributed by atoms with Crippen molar-refractivity contribution >= 4 is 23.1 Å². The molecule has 4 aromatic rings. The number of aromatic nitrogens is 4. The summed E-state index contributed by atoms with van der Waals surface area (Å²) in [6.07, 6.45) is 3.40. The highest BCUT2D eigenvalue weighted by molar-refractivity contribution is 7.13. The predicted octanol–water partition coefficient (Wildman–Crippen LogP) is 3.71. The van der Waals surface area contributed by atoms with Gasteiger partial charge in [-0.25, -0.2) is 9.78 Å². The number of rotatable bonds is 5. The highest BCUT2D eigenvalue weighted by Gasteiger charge is 2.09. The number of anilines is 1. The Bertz CT molecular complexity index is 1010. The Morgan fingerprint density at radius 3 is 2.63 bits per heavy atom. The SMILES string of the molecule is O=C(NCc1nncn1-c1ccccc1)Nc1ccc(-c2nccs2)cc1. The molecule has 4 rings (SSSR count). The van der Waals surface area contributed by atoms with Crippen LogP contribution < -0.4 is 10.6 Å². The number of thiazole rings is 1. The molecule has 0 radical (unpaired) electrons. The average Bonchev–Trinajstić information content (AvgIpc) is 3.40. The van der Waals surface area contributed by atoms with Crippen LogP contribution in [0.3, 0.4) is 0 Å². The first kappa shape index (κ1) is 16.9. The number of amides is 2. The van der Waals surface area contributed by atoms with Crippen LogP contribution in [-0.4, -0.2) is 25.8 Å². The van der Waals surface area contributed by atoms with E-state index in [1.54, 1.807) is 23.9 Å². The number of hydrogen-bond acceptors (Lipinski definition) is 5. The van der Waals surface area contributed by atoms with Gasteiger partial charge >= 0.3 is 6.03 Å². The van der Waals surface area contributed by atoms with Gasteiger partial charge in [-0.05, 0) is 36.4 Å². The molecule has 0 aliphatic rings. The largest absolute Gasteiger partial charge is 0.331 e. The lowest BCUT2D eigenvalue weighted by Gasteiger charge is -2.09. The van der Waals surface area contributed by atoms with Gasteiger partial charge < -0.3 is 10.6 Å². The third-order valence-electron chi connectivity index (χ3n) is 3.88. The zero-order valence-corrected chi connectivity index (χ0v) is 15.1. The van der Waals surface area contributed by atoms with Crippen LogP contribution in [0.1, 0.15) is 5.82 Å². The topological polar surface area (TPSA) is 84.7 Å². The molecular formula is C19H16N6OS. The summed E-state index contributed by atoms with van der Waals surface area (Å²) in [4.78, 5) is 16.5. The molecule has 8 heteroatoms. The predicted molar refractivity (Wildman–Crippen MR) is 105 cm³/mol. The molecule has 2 amide bonds. The molecule has 0 aliphatic carbocycles. The second-order valence-corrected chi connectivity index (χ2v) is 6.57. The lowest BCUT2D eigenvalue weighted by molar-refractivity contribution is 0.251. The van der Waals surface area contributed by atoms with E-state index in [1.807, 2.05) is 64.5 Å². The molecule has 2 aromatic carbocycles. The summed E-state index contributed by atoms with van der Waals surface area (Å²) in [6, 6.07) is 17.0. The number of carbonyl (C=O) groups is 1. The fraction of sp³-hybridized carbons (Fsp3) is 0.0526. The monoisotopic (exact) mass is 376 g/mol. The van der Waals surface area contributed by atoms with E-state index in [0.29, 0.717) is 11.5 Å². The van der Waals surface area contributed by atoms with E-state index in [9.17, 15) is 4.79 Å². The van der Waals surface area contributed by atoms with Gasteiger partial charge in [-0.15, -0.1) is 21.5 Å². The summed E-state index contributed by atoms with van der Waals surface area (Å²) >= 11 is 1.58. The van der Waals surface area contributed by atoms with E-state index in [0.717, 1.165) is 16.3 Å². The van der Waals surface area contributed by atoms with E-state index in [4.69, 9.17) is 0 Å². The number of nitrogens with one attached hydrogen (secondary N) is 2. The summed E-state index contributed by atoms with van der Waals surface area (Å²) in [7, 11) is 0. The number of carbonyl (C=O) groups excluding carboxylic acids is 1. The maximum atomic E-state index is 12.2. The van der Waals surface area contributed by atoms with Crippen molar-refractivity contribution in [2.45, 2.75) is 6.54 Å². The maximum Gasteiger partial charge on any atom is 0.319 e. The van der Waals surface area contributed by atoms with E-state index in [1.165, 1.54) is 0 Å². The molecule has 0 bridgehead atoms. The first-order valence-corrected chi connectivity index (χ1v) is 9.17. The third kappa shape index (κ3) is 4.01. The van der Waals surface area contributed by atoms with Gasteiger partial charge in [0.1, 0.15) is 11.3 Å². The first-order valence-electron chi connectivity index (χ1n) is 8.29. The third-order valence-corrected chi connectivity index (χ3v) is 4.70. The standard InChI is InChI=1S/C19H16N6OS/c26-19(23-15-8-6-14(7-9-15)18-20-10-11-27-18)21-12-17-24-22-13-25(17)16-4-2-1-3-5-16/h1-11,13H,12H2,(H2,21,23,26). The Morgan fingerprint density at radius 2 is 1.89 bits per heavy atom. The van der Waals surface area contributed by atoms with E-state index >= 15 is 0 Å². The van der Waals surface area contributed by atoms with Crippen molar-refractivity contribution in [1.29, 1.82) is 0 Å². The molecule has 0 atom stereocenters. The number of benzene rings is 2. The molecular weight excluding hydrogens is 360 g/mol. The van der Waals surface area contributed by atoms with E-state index in [2.05, 4.69) is 25.8 Å². The van der Waals surface area contributed by atoms with E-state index in [-0.39, 0.29) is 12.6 Å². The fourth-order valence-electron chi connectivity index (χ4n) is 2.58. The molecule has 27 heavy (non-hydrogen) atoms. The number of hydrogen-bond donors (Lipinski definition) is 2. The smallest absolute Gasteiger partial charge is 0.319 e. The quantitative estimate of drug-likeness (QED) is 0.556. The van der Waals surface area contributed by atoms with Crippen molar-refractivity contribution in [3.8, 4) is 16.3 Å². The van der Waals surface area contributed by atoms with Crippen LogP contribution in [0.2, 0.25) is 0 Å². The van der Waals surface area contributed by atoms with Crippen LogP contribution in [0.25, 0.3) is 16.3 Å². The fourth-order valence-corrected chi connectivity index (χ4v) is 3.23. The summed E-state index contributed by atoms with van der Waals surface area (Å²) in [6.45, 7) is 0.262. The zero-order valence-electron chi connectivity index (χ0n) is 14.2. The molecule has 0 aliphatic heterocycles. The van der Waals surface area contributed by atoms with Crippen molar-refractivity contribution in [1.82, 2.24) is 25.1 Å². The molecule has 2 heterocycles. The lowest BCUT2D eigenvalue weighted by Crippen LogP contribution is -2.29. The molecule has 0 fully saturated rings. The Balaban J connectivity index is 1.36. The van der Waals surface area contributed by atoms with Crippen LogP contribution in [0.5, 0.6) is 0 Å². The van der Waals surface area contributed by atoms with Gasteiger partial charge in [0.25, 0.3) is 0 Å². The van der Waals surface area contributed by atoms with Crippen molar-refractivity contribution in [3.63, 3.8) is 0 Å². The summed E-state index contributed by atoms with van der Waals surface area (Å²) < 4.78 is 1.84. The minimum atomic E-state index is -0.306. The summed E-state index contributed by atoms with van der Waals surface area (Å²) in [5.41, 5.74) is 2.67. The van der Waals surface area contributed by atoms with Gasteiger partial charge in [0, 0.05) is 28.5 Å². The van der Waals surface area contributed by atoms with E-state index < -0.39 is 0 Å². The van der Waals surface area contributed by atoms with Gasteiger partial charge in [0.2, 0.25) is 0 Å². The zero-order chi connectivity index (χ0) is 18.5. The molecule has 2 aromatic heterocycles. The molecule has 0 saturated carbocycles. The van der Waals surface area contributed by atoms with Gasteiger partial charge in [-0.2, -0.15) is 0 Å². The van der Waals surface area contributed by atoms with Gasteiger partial charge in [0.15, 0.2) is 5.82 Å². The molecule has 134 valence electrons. The summed E-state index contributed by atoms with van der Waals surface area (Å²) in [5, 5.41) is 16.5. The minimum Gasteiger partial charge on any atom is -0.331 e. The van der Waals surface area contributed by atoms with Crippen molar-refractivity contribution in [3.05, 3.63) is 78.3 Å². The van der Waals surface area contributed by atoms with Gasteiger partial charge in [0.05, 0.1) is 6.54 Å². The summed E-state index contributed by atoms with van der Waals surface area (Å²) in [5.74, 6) is 0.649. The number of urea groups is 1. The van der Waals surface area contributed by atoms with Crippen LogP contribution in [-0.2, 0) is 6.54 Å². The van der Waals surface area contributed by atoms with Crippen LogP contribution in [0, 0.1) is 0 Å². The average molecular weight is 376 g/mol. The Labute approximate surface area is 159 Å². The Morgan fingerprint density at radius 1 is 1.07 bits per heavy atom. The molecule has 7 nitrogen and oxygen atoms in total. The van der Waals surface area contributed by atoms with Crippen LogP contribution in [0.4, 0.5) is 10.5 Å². The second kappa shape index (κ2) is 7.79. The minimum absolute atomic E-state index is 0.262. The maximum absolute atomic E-state index is 12.2. The molecule has 2 N–H and O–H groups in total. The van der Waals surface area contributed by atoms with Crippen molar-refractivity contribution < 1.29 is 4.79 Å². The number of nitrogens with zero attached hydrogens (tertiary/aromatic N) is 4. The molecule has 0 spiro atoms. The first-order chi connectivity index (χ1) is 13.3. The Kier molecular flexibility index (Phi) is 4.88. The number of para-hydroxylation sites is 1. The van der Waals surface area contributed by atoms with Gasteiger partial charge in [-0.1, -0.05) is 18.2 Å². The van der Waals surface area contributed by atoms with Crippen molar-refractivity contribution in [2.24, 2.45) is 0 Å². The second-order valence-electron chi connectivity index (χ2n) is 5.68. The van der Waals surface area contributed by atoms with Crippen molar-refractivity contribution in [2.75, 3.05) is 5.32 Å². The Hall–Kier alpha value is -3.52. The normalized spacial score (nSPS) is 10.5. The van der Waals surface area contributed by atoms with Gasteiger partial charge in [-0.3, -0.25) is 4.57 Å². The highest BCUT2D eigenvalue weighted by atomic mass is 32.1. The molecule has 0 unspecified atom stereocenters. The van der Waals surface area contributed by atoms with Crippen LogP contribution in [0.15, 0.2) is 72.5 Å². The highest BCUT2D eigenvalue weighted by Crippen LogP contribution is 2.23. The molecule has 0 saturated heterocycles. The lowest BCUT2D eigenvalue weighted by atomic mass is 10.2. The van der Waals surface area contributed by atoms with Crippen LogP contribution >= 0.6 is 11.3 Å².